The highest BCUT2D eigenvalue weighted by molar-refractivity contribution is 7.17. The van der Waals surface area contributed by atoms with Gasteiger partial charge in [0.15, 0.2) is 6.10 Å². The number of aromatic nitrogens is 3. The molecule has 0 saturated heterocycles. The van der Waals surface area contributed by atoms with Crippen LogP contribution in [0.2, 0.25) is 5.02 Å². The third-order valence-electron chi connectivity index (χ3n) is 5.97. The summed E-state index contributed by atoms with van der Waals surface area (Å²) in [4.78, 5) is 25.3. The lowest BCUT2D eigenvalue weighted by molar-refractivity contribution is -0.160. The second kappa shape index (κ2) is 9.32. The molecule has 0 spiro atoms. The van der Waals surface area contributed by atoms with Gasteiger partial charge in [0.1, 0.15) is 5.65 Å². The number of carboxylic acid groups (broad SMARTS) is 1. The average molecular weight is 520 g/mol. The fourth-order valence-electron chi connectivity index (χ4n) is 4.43. The summed E-state index contributed by atoms with van der Waals surface area (Å²) in [5.41, 5.74) is 7.47. The van der Waals surface area contributed by atoms with Gasteiger partial charge in [0, 0.05) is 39.0 Å². The maximum atomic E-state index is 12.7. The number of hydrogen-bond acceptors (Lipinski definition) is 5. The van der Waals surface area contributed by atoms with Crippen molar-refractivity contribution in [2.24, 2.45) is 0 Å². The van der Waals surface area contributed by atoms with Gasteiger partial charge in [-0.1, -0.05) is 30.7 Å². The molecule has 0 radical (unpaired) electrons. The summed E-state index contributed by atoms with van der Waals surface area (Å²) in [6, 6.07) is 13.5. The summed E-state index contributed by atoms with van der Waals surface area (Å²) in [7, 11) is 0. The number of benzene rings is 2. The van der Waals surface area contributed by atoms with Crippen LogP contribution >= 0.6 is 22.9 Å². The number of pyridine rings is 1. The smallest absolute Gasteiger partial charge is 0.337 e. The molecule has 36 heavy (non-hydrogen) atoms. The molecule has 0 amide bonds. The standard InChI is InChI=1S/C28H26ClN3O3S/c1-5-19-11-16-10-17(13-30-26(16)32-19)20-12-21-25(36-14-31-21)22(15-6-8-18(29)9-7-15)23(20)24(27(33)34)35-28(2,3)4/h6-14,24H,5H2,1-4H3,(H,30,32)(H,33,34). The van der Waals surface area contributed by atoms with E-state index in [2.05, 4.69) is 27.9 Å². The summed E-state index contributed by atoms with van der Waals surface area (Å²) < 4.78 is 7.09. The third kappa shape index (κ3) is 4.62. The van der Waals surface area contributed by atoms with Crippen LogP contribution in [0.3, 0.4) is 0 Å². The molecule has 1 unspecified atom stereocenters. The second-order valence-electron chi connectivity index (χ2n) is 9.68. The van der Waals surface area contributed by atoms with Gasteiger partial charge in [-0.25, -0.2) is 14.8 Å². The first-order valence-electron chi connectivity index (χ1n) is 11.7. The van der Waals surface area contributed by atoms with Crippen LogP contribution in [-0.4, -0.2) is 31.6 Å². The molecule has 184 valence electrons. The minimum Gasteiger partial charge on any atom is -0.479 e. The van der Waals surface area contributed by atoms with Crippen molar-refractivity contribution in [2.45, 2.75) is 45.8 Å². The number of nitrogens with zero attached hydrogens (tertiary/aromatic N) is 2. The topological polar surface area (TPSA) is 88.1 Å². The monoisotopic (exact) mass is 519 g/mol. The van der Waals surface area contributed by atoms with Crippen LogP contribution in [0.4, 0.5) is 0 Å². The maximum absolute atomic E-state index is 12.7. The first-order valence-corrected chi connectivity index (χ1v) is 12.9. The molecule has 1 atom stereocenters. The Morgan fingerprint density at radius 1 is 1.14 bits per heavy atom. The van der Waals surface area contributed by atoms with Crippen molar-refractivity contribution in [1.29, 1.82) is 0 Å². The molecule has 0 aliphatic carbocycles. The van der Waals surface area contributed by atoms with E-state index in [0.717, 1.165) is 55.6 Å². The summed E-state index contributed by atoms with van der Waals surface area (Å²) in [6.45, 7) is 7.65. The summed E-state index contributed by atoms with van der Waals surface area (Å²) >= 11 is 7.67. The lowest BCUT2D eigenvalue weighted by Crippen LogP contribution is -2.28. The van der Waals surface area contributed by atoms with Crippen molar-refractivity contribution in [1.82, 2.24) is 15.0 Å². The van der Waals surface area contributed by atoms with Crippen molar-refractivity contribution in [3.05, 3.63) is 70.5 Å². The molecule has 0 saturated carbocycles. The van der Waals surface area contributed by atoms with Crippen LogP contribution in [0.5, 0.6) is 0 Å². The van der Waals surface area contributed by atoms with Gasteiger partial charge in [0.05, 0.1) is 21.3 Å². The minimum absolute atomic E-state index is 0.573. The molecule has 3 aromatic heterocycles. The van der Waals surface area contributed by atoms with E-state index in [1.54, 1.807) is 23.8 Å². The van der Waals surface area contributed by atoms with Crippen molar-refractivity contribution >= 4 is 50.2 Å². The highest BCUT2D eigenvalue weighted by atomic mass is 35.5. The largest absolute Gasteiger partial charge is 0.479 e. The number of aliphatic carboxylic acids is 1. The first-order chi connectivity index (χ1) is 17.1. The van der Waals surface area contributed by atoms with Crippen molar-refractivity contribution in [3.8, 4) is 22.3 Å². The van der Waals surface area contributed by atoms with Gasteiger partial charge >= 0.3 is 5.97 Å². The molecule has 5 aromatic rings. The number of carbonyl (C=O) groups is 1. The van der Waals surface area contributed by atoms with E-state index >= 15 is 0 Å². The molecule has 0 bridgehead atoms. The number of carboxylic acids is 1. The number of nitrogens with one attached hydrogen (secondary N) is 1. The van der Waals surface area contributed by atoms with E-state index < -0.39 is 17.7 Å². The Kier molecular flexibility index (Phi) is 6.32. The Hall–Kier alpha value is -3.26. The Balaban J connectivity index is 1.87. The molecule has 0 fully saturated rings. The average Bonchev–Trinajstić information content (AvgIpc) is 3.47. The van der Waals surface area contributed by atoms with Gasteiger partial charge in [0.25, 0.3) is 0 Å². The number of aromatic amines is 1. The van der Waals surface area contributed by atoms with Crippen LogP contribution < -0.4 is 0 Å². The minimum atomic E-state index is -1.22. The molecular weight excluding hydrogens is 494 g/mol. The quantitative estimate of drug-likeness (QED) is 0.240. The zero-order valence-corrected chi connectivity index (χ0v) is 22.0. The van der Waals surface area contributed by atoms with Crippen molar-refractivity contribution in [3.63, 3.8) is 0 Å². The van der Waals surface area contributed by atoms with Gasteiger partial charge in [-0.3, -0.25) is 0 Å². The summed E-state index contributed by atoms with van der Waals surface area (Å²) in [5, 5.41) is 12.0. The van der Waals surface area contributed by atoms with E-state index in [1.807, 2.05) is 45.0 Å². The zero-order valence-electron chi connectivity index (χ0n) is 20.4. The number of fused-ring (bicyclic) bond motifs is 2. The lowest BCUT2D eigenvalue weighted by Gasteiger charge is -2.28. The Morgan fingerprint density at radius 2 is 1.89 bits per heavy atom. The van der Waals surface area contributed by atoms with E-state index in [9.17, 15) is 9.90 Å². The van der Waals surface area contributed by atoms with Crippen molar-refractivity contribution < 1.29 is 14.6 Å². The van der Waals surface area contributed by atoms with E-state index in [1.165, 1.54) is 11.3 Å². The number of H-pyrrole nitrogens is 1. The number of rotatable bonds is 6. The number of hydrogen-bond donors (Lipinski definition) is 2. The predicted octanol–water partition coefficient (Wildman–Crippen LogP) is 7.66. The van der Waals surface area contributed by atoms with Gasteiger partial charge in [0.2, 0.25) is 0 Å². The number of thiazole rings is 1. The molecule has 8 heteroatoms. The Labute approximate surface area is 217 Å². The van der Waals surface area contributed by atoms with Crippen LogP contribution in [0.25, 0.3) is 43.5 Å². The molecular formula is C28H26ClN3O3S. The van der Waals surface area contributed by atoms with Gasteiger partial charge in [-0.15, -0.1) is 11.3 Å². The number of halogens is 1. The van der Waals surface area contributed by atoms with E-state index in [0.29, 0.717) is 10.6 Å². The van der Waals surface area contributed by atoms with Gasteiger partial charge in [-0.2, -0.15) is 0 Å². The van der Waals surface area contributed by atoms with Crippen LogP contribution in [-0.2, 0) is 16.0 Å². The highest BCUT2D eigenvalue weighted by Gasteiger charge is 2.33. The molecule has 3 heterocycles. The number of aryl methyl sites for hydroxylation is 1. The Bertz CT molecular complexity index is 1580. The number of ether oxygens (including phenoxy) is 1. The molecule has 0 aliphatic heterocycles. The summed E-state index contributed by atoms with van der Waals surface area (Å²) in [5.74, 6) is -1.06. The van der Waals surface area contributed by atoms with Gasteiger partial charge < -0.3 is 14.8 Å². The van der Waals surface area contributed by atoms with Gasteiger partial charge in [-0.05, 0) is 68.7 Å². The van der Waals surface area contributed by atoms with Crippen LogP contribution in [0.1, 0.15) is 45.1 Å². The highest BCUT2D eigenvalue weighted by Crippen LogP contribution is 2.45. The second-order valence-corrected chi connectivity index (χ2v) is 11.0. The molecule has 2 aromatic carbocycles. The predicted molar refractivity (Wildman–Crippen MR) is 146 cm³/mol. The fraction of sp³-hybridized carbons (Fsp3) is 0.250. The van der Waals surface area contributed by atoms with Crippen molar-refractivity contribution in [2.75, 3.05) is 0 Å². The molecule has 0 aliphatic rings. The van der Waals surface area contributed by atoms with Crippen LogP contribution in [0.15, 0.2) is 54.2 Å². The maximum Gasteiger partial charge on any atom is 0.337 e. The fourth-order valence-corrected chi connectivity index (χ4v) is 5.40. The molecule has 6 nitrogen and oxygen atoms in total. The normalized spacial score (nSPS) is 12.9. The SMILES string of the molecule is CCc1cc2cc(-c3cc4ncsc4c(-c4ccc(Cl)cc4)c3C(OC(C)(C)C)C(=O)O)cnc2[nH]1. The molecule has 2 N–H and O–H groups in total. The Morgan fingerprint density at radius 3 is 2.56 bits per heavy atom. The van der Waals surface area contributed by atoms with E-state index in [4.69, 9.17) is 16.3 Å². The van der Waals surface area contributed by atoms with Crippen LogP contribution in [0, 0.1) is 0 Å². The first kappa shape index (κ1) is 24.4. The van der Waals surface area contributed by atoms with E-state index in [-0.39, 0.29) is 0 Å². The zero-order chi connectivity index (χ0) is 25.6. The lowest BCUT2D eigenvalue weighted by atomic mass is 9.88. The summed E-state index contributed by atoms with van der Waals surface area (Å²) in [6.07, 6.45) is 1.42. The third-order valence-corrected chi connectivity index (χ3v) is 7.08. The molecule has 5 rings (SSSR count).